The maximum absolute atomic E-state index is 13.1. The Hall–Kier alpha value is -3.10. The van der Waals surface area contributed by atoms with E-state index in [2.05, 4.69) is 15.7 Å². The molecule has 1 aromatic heterocycles. The van der Waals surface area contributed by atoms with E-state index in [-0.39, 0.29) is 5.82 Å². The van der Waals surface area contributed by atoms with Crippen LogP contribution in [0.2, 0.25) is 5.02 Å². The van der Waals surface area contributed by atoms with E-state index in [1.54, 1.807) is 36.1 Å². The number of hydrogen-bond acceptors (Lipinski definition) is 4. The highest BCUT2D eigenvalue weighted by Gasteiger charge is 2.23. The molecule has 3 rings (SSSR count). The van der Waals surface area contributed by atoms with E-state index in [1.807, 2.05) is 13.8 Å². The molecule has 31 heavy (non-hydrogen) atoms. The number of aryl methyl sites for hydroxylation is 1. The Balaban J connectivity index is 1.89. The summed E-state index contributed by atoms with van der Waals surface area (Å²) >= 11 is 6.37. The van der Waals surface area contributed by atoms with Gasteiger partial charge >= 0.3 is 6.03 Å². The lowest BCUT2D eigenvalue weighted by Crippen LogP contribution is -2.31. The Morgan fingerprint density at radius 1 is 1.19 bits per heavy atom. The first-order valence-corrected chi connectivity index (χ1v) is 10.1. The molecule has 0 fully saturated rings. The first-order chi connectivity index (χ1) is 14.7. The predicted octanol–water partition coefficient (Wildman–Crippen LogP) is 5.03. The first-order valence-electron chi connectivity index (χ1n) is 9.73. The Morgan fingerprint density at radius 3 is 2.45 bits per heavy atom. The van der Waals surface area contributed by atoms with Crippen LogP contribution in [0.1, 0.15) is 20.3 Å². The number of carbonyl (C=O) groups excluding carboxylic acids is 1. The molecule has 9 heteroatoms. The molecule has 164 valence electrons. The molecule has 0 saturated heterocycles. The Morgan fingerprint density at radius 2 is 1.84 bits per heavy atom. The number of benzene rings is 2. The van der Waals surface area contributed by atoms with E-state index in [1.165, 1.54) is 24.3 Å². The molecule has 1 heterocycles. The summed E-state index contributed by atoms with van der Waals surface area (Å²) in [4.78, 5) is 12.4. The van der Waals surface area contributed by atoms with Crippen LogP contribution in [0.4, 0.5) is 20.6 Å². The fourth-order valence-electron chi connectivity index (χ4n) is 3.12. The van der Waals surface area contributed by atoms with Gasteiger partial charge < -0.3 is 21.1 Å². The predicted molar refractivity (Wildman–Crippen MR) is 121 cm³/mol. The number of hydrogen-bond donors (Lipinski definition) is 3. The highest BCUT2D eigenvalue weighted by Crippen LogP contribution is 2.38. The van der Waals surface area contributed by atoms with Gasteiger partial charge in [0.2, 0.25) is 0 Å². The van der Waals surface area contributed by atoms with Crippen molar-refractivity contribution >= 4 is 29.0 Å². The van der Waals surface area contributed by atoms with Gasteiger partial charge in [0.15, 0.2) is 0 Å². The minimum atomic E-state index is -0.497. The Bertz CT molecular complexity index is 1050. The second-order valence-electron chi connectivity index (χ2n) is 7.66. The number of ether oxygens (including phenoxy) is 1. The molecular formula is C22H25ClFN5O2. The molecule has 0 aliphatic heterocycles. The van der Waals surface area contributed by atoms with E-state index in [9.17, 15) is 9.18 Å². The summed E-state index contributed by atoms with van der Waals surface area (Å²) in [6, 6.07) is 10.3. The van der Waals surface area contributed by atoms with Crippen LogP contribution in [0, 0.1) is 5.82 Å². The summed E-state index contributed by atoms with van der Waals surface area (Å²) in [5, 5.41) is 10.1. The van der Waals surface area contributed by atoms with Gasteiger partial charge in [-0.1, -0.05) is 11.6 Å². The number of nitrogens with two attached hydrogens (primary N) is 1. The summed E-state index contributed by atoms with van der Waals surface area (Å²) in [7, 11) is 1.78. The van der Waals surface area contributed by atoms with Crippen molar-refractivity contribution in [2.75, 3.05) is 17.2 Å². The van der Waals surface area contributed by atoms with Gasteiger partial charge in [-0.15, -0.1) is 0 Å². The molecular weight excluding hydrogens is 421 g/mol. The summed E-state index contributed by atoms with van der Waals surface area (Å²) in [5.41, 5.74) is 7.54. The lowest BCUT2D eigenvalue weighted by atomic mass is 10.0. The number of halogens is 2. The zero-order chi connectivity index (χ0) is 22.6. The van der Waals surface area contributed by atoms with Crippen LogP contribution in [0.5, 0.6) is 5.75 Å². The molecule has 0 spiro atoms. The largest absolute Gasteiger partial charge is 0.487 e. The van der Waals surface area contributed by atoms with Crippen LogP contribution < -0.4 is 21.1 Å². The second-order valence-corrected chi connectivity index (χ2v) is 8.07. The number of amides is 2. The Kier molecular flexibility index (Phi) is 6.82. The van der Waals surface area contributed by atoms with Crippen LogP contribution in [-0.4, -0.2) is 28.0 Å². The molecule has 0 aliphatic rings. The average Bonchev–Trinajstić information content (AvgIpc) is 3.03. The SMILES string of the molecule is Cn1ncc(Cl)c1-c1cc(NC(=O)Nc2ccc(F)cc2)ccc1OC(C)(C)CCN. The second kappa shape index (κ2) is 9.36. The zero-order valence-electron chi connectivity index (χ0n) is 17.6. The minimum absolute atomic E-state index is 0.378. The Labute approximate surface area is 185 Å². The van der Waals surface area contributed by atoms with Gasteiger partial charge in [-0.25, -0.2) is 9.18 Å². The third kappa shape index (κ3) is 5.74. The molecule has 0 bridgehead atoms. The van der Waals surface area contributed by atoms with Gasteiger partial charge in [0.1, 0.15) is 17.2 Å². The fraction of sp³-hybridized carbons (Fsp3) is 0.273. The molecule has 2 amide bonds. The van der Waals surface area contributed by atoms with Gasteiger partial charge in [-0.05, 0) is 69.3 Å². The van der Waals surface area contributed by atoms with Crippen molar-refractivity contribution in [1.82, 2.24) is 9.78 Å². The lowest BCUT2D eigenvalue weighted by molar-refractivity contribution is 0.103. The summed E-state index contributed by atoms with van der Waals surface area (Å²) in [6.45, 7) is 4.39. The molecule has 0 unspecified atom stereocenters. The van der Waals surface area contributed by atoms with E-state index in [4.69, 9.17) is 22.1 Å². The highest BCUT2D eigenvalue weighted by molar-refractivity contribution is 6.33. The molecule has 7 nitrogen and oxygen atoms in total. The van der Waals surface area contributed by atoms with Crippen molar-refractivity contribution in [2.45, 2.75) is 25.9 Å². The van der Waals surface area contributed by atoms with Crippen LogP contribution in [0.3, 0.4) is 0 Å². The molecule has 2 aromatic carbocycles. The highest BCUT2D eigenvalue weighted by atomic mass is 35.5. The van der Waals surface area contributed by atoms with Crippen LogP contribution in [0.25, 0.3) is 11.3 Å². The van der Waals surface area contributed by atoms with Crippen LogP contribution >= 0.6 is 11.6 Å². The molecule has 0 atom stereocenters. The average molecular weight is 446 g/mol. The fourth-order valence-corrected chi connectivity index (χ4v) is 3.39. The first kappa shape index (κ1) is 22.6. The number of rotatable bonds is 7. The van der Waals surface area contributed by atoms with Gasteiger partial charge in [0.25, 0.3) is 0 Å². The summed E-state index contributed by atoms with van der Waals surface area (Å²) in [6.07, 6.45) is 2.21. The normalized spacial score (nSPS) is 11.3. The van der Waals surface area contributed by atoms with E-state index >= 15 is 0 Å². The maximum atomic E-state index is 13.1. The third-order valence-electron chi connectivity index (χ3n) is 4.62. The van der Waals surface area contributed by atoms with Gasteiger partial charge in [0.05, 0.1) is 16.9 Å². The number of anilines is 2. The topological polar surface area (TPSA) is 94.2 Å². The van der Waals surface area contributed by atoms with Crippen molar-refractivity contribution in [3.63, 3.8) is 0 Å². The smallest absolute Gasteiger partial charge is 0.323 e. The van der Waals surface area contributed by atoms with Crippen molar-refractivity contribution in [2.24, 2.45) is 12.8 Å². The molecule has 4 N–H and O–H groups in total. The monoisotopic (exact) mass is 445 g/mol. The number of nitrogens with one attached hydrogen (secondary N) is 2. The summed E-state index contributed by atoms with van der Waals surface area (Å²) in [5.74, 6) is 0.213. The third-order valence-corrected chi connectivity index (χ3v) is 4.90. The standard InChI is InChI=1S/C22H25ClFN5O2/c1-22(2,10-11-25)31-19-9-8-16(12-17(19)20-18(23)13-26-29(20)3)28-21(30)27-15-6-4-14(24)5-7-15/h4-9,12-13H,10-11,25H2,1-3H3,(H2,27,28,30). The molecule has 0 saturated carbocycles. The van der Waals surface area contributed by atoms with Gasteiger partial charge in [0, 0.05) is 24.0 Å². The van der Waals surface area contributed by atoms with Crippen LogP contribution in [-0.2, 0) is 7.05 Å². The van der Waals surface area contributed by atoms with Gasteiger partial charge in [-0.2, -0.15) is 5.10 Å². The van der Waals surface area contributed by atoms with Gasteiger partial charge in [-0.3, -0.25) is 4.68 Å². The zero-order valence-corrected chi connectivity index (χ0v) is 18.3. The van der Waals surface area contributed by atoms with E-state index < -0.39 is 11.6 Å². The number of nitrogens with zero attached hydrogens (tertiary/aromatic N) is 2. The van der Waals surface area contributed by atoms with Crippen molar-refractivity contribution in [1.29, 1.82) is 0 Å². The number of aromatic nitrogens is 2. The maximum Gasteiger partial charge on any atom is 0.323 e. The number of urea groups is 1. The summed E-state index contributed by atoms with van der Waals surface area (Å²) < 4.78 is 20.9. The van der Waals surface area contributed by atoms with E-state index in [0.29, 0.717) is 46.4 Å². The molecule has 0 radical (unpaired) electrons. The minimum Gasteiger partial charge on any atom is -0.487 e. The van der Waals surface area contributed by atoms with Crippen LogP contribution in [0.15, 0.2) is 48.7 Å². The molecule has 3 aromatic rings. The number of carbonyl (C=O) groups is 1. The van der Waals surface area contributed by atoms with Crippen molar-refractivity contribution in [3.05, 3.63) is 59.5 Å². The van der Waals surface area contributed by atoms with Crippen molar-refractivity contribution in [3.8, 4) is 17.0 Å². The quantitative estimate of drug-likeness (QED) is 0.475. The molecule has 0 aliphatic carbocycles. The van der Waals surface area contributed by atoms with Crippen molar-refractivity contribution < 1.29 is 13.9 Å². The lowest BCUT2D eigenvalue weighted by Gasteiger charge is -2.27. The van der Waals surface area contributed by atoms with E-state index in [0.717, 1.165) is 0 Å².